The van der Waals surface area contributed by atoms with Crippen molar-refractivity contribution < 1.29 is 9.53 Å². The van der Waals surface area contributed by atoms with Crippen LogP contribution in [0.15, 0.2) is 48.8 Å². The monoisotopic (exact) mass is 326 g/mol. The van der Waals surface area contributed by atoms with Crippen LogP contribution >= 0.6 is 11.5 Å². The maximum Gasteiger partial charge on any atom is 0.265 e. The Bertz CT molecular complexity index is 805. The zero-order chi connectivity index (χ0) is 16.1. The number of amides is 1. The number of carbonyl (C=O) groups excluding carboxylic acids is 1. The summed E-state index contributed by atoms with van der Waals surface area (Å²) >= 11 is 1.07. The summed E-state index contributed by atoms with van der Waals surface area (Å²) < 4.78 is 9.12. The highest BCUT2D eigenvalue weighted by atomic mass is 32.1. The molecule has 0 bridgehead atoms. The zero-order valence-corrected chi connectivity index (χ0v) is 13.2. The number of carbonyl (C=O) groups is 1. The van der Waals surface area contributed by atoms with Gasteiger partial charge in [0.05, 0.1) is 7.11 Å². The minimum atomic E-state index is -0.199. The molecule has 0 saturated carbocycles. The quantitative estimate of drug-likeness (QED) is 0.779. The van der Waals surface area contributed by atoms with Crippen LogP contribution in [0.1, 0.15) is 15.2 Å². The lowest BCUT2D eigenvalue weighted by atomic mass is 10.1. The van der Waals surface area contributed by atoms with E-state index in [0.29, 0.717) is 22.9 Å². The molecule has 0 aliphatic carbocycles. The molecule has 0 spiro atoms. The highest BCUT2D eigenvalue weighted by molar-refractivity contribution is 7.08. The van der Waals surface area contributed by atoms with Gasteiger partial charge in [-0.3, -0.25) is 9.78 Å². The highest BCUT2D eigenvalue weighted by Gasteiger charge is 2.18. The number of pyridine rings is 1. The van der Waals surface area contributed by atoms with Gasteiger partial charge in [0.1, 0.15) is 16.3 Å². The second-order valence-corrected chi connectivity index (χ2v) is 5.47. The molecule has 7 heteroatoms. The van der Waals surface area contributed by atoms with Crippen molar-refractivity contribution in [2.24, 2.45) is 0 Å². The van der Waals surface area contributed by atoms with Crippen molar-refractivity contribution in [3.05, 3.63) is 59.2 Å². The maximum absolute atomic E-state index is 12.4. The number of ether oxygens (including phenoxy) is 1. The molecule has 0 unspecified atom stereocenters. The molecule has 1 amide bonds. The van der Waals surface area contributed by atoms with Gasteiger partial charge in [-0.1, -0.05) is 16.6 Å². The van der Waals surface area contributed by atoms with Crippen molar-refractivity contribution in [3.8, 4) is 17.0 Å². The van der Waals surface area contributed by atoms with Gasteiger partial charge in [-0.05, 0) is 41.4 Å². The number of rotatable bonds is 5. The summed E-state index contributed by atoms with van der Waals surface area (Å²) in [7, 11) is 1.60. The van der Waals surface area contributed by atoms with E-state index < -0.39 is 0 Å². The minimum absolute atomic E-state index is 0.199. The fraction of sp³-hybridized carbons (Fsp3) is 0.125. The third kappa shape index (κ3) is 3.51. The smallest absolute Gasteiger partial charge is 0.265 e. The first kappa shape index (κ1) is 15.1. The van der Waals surface area contributed by atoms with Gasteiger partial charge in [0, 0.05) is 24.5 Å². The second-order valence-electron chi connectivity index (χ2n) is 4.72. The van der Waals surface area contributed by atoms with Gasteiger partial charge in [0.25, 0.3) is 5.91 Å². The number of benzene rings is 1. The maximum atomic E-state index is 12.4. The molecule has 0 saturated heterocycles. The normalized spacial score (nSPS) is 10.3. The van der Waals surface area contributed by atoms with Crippen LogP contribution in [0.2, 0.25) is 0 Å². The lowest BCUT2D eigenvalue weighted by Crippen LogP contribution is -2.22. The Morgan fingerprint density at radius 3 is 2.87 bits per heavy atom. The lowest BCUT2D eigenvalue weighted by Gasteiger charge is -2.06. The number of hydrogen-bond donors (Lipinski definition) is 1. The first-order chi connectivity index (χ1) is 11.3. The van der Waals surface area contributed by atoms with Crippen LogP contribution < -0.4 is 10.1 Å². The summed E-state index contributed by atoms with van der Waals surface area (Å²) in [5, 5.41) is 6.95. The number of nitrogens with one attached hydrogen (secondary N) is 1. The second kappa shape index (κ2) is 6.97. The van der Waals surface area contributed by atoms with E-state index in [4.69, 9.17) is 4.74 Å². The molecule has 1 N–H and O–H groups in total. The average Bonchev–Trinajstić information content (AvgIpc) is 3.10. The van der Waals surface area contributed by atoms with E-state index >= 15 is 0 Å². The van der Waals surface area contributed by atoms with Gasteiger partial charge in [-0.2, -0.15) is 0 Å². The van der Waals surface area contributed by atoms with Crippen LogP contribution in [0.3, 0.4) is 0 Å². The molecule has 23 heavy (non-hydrogen) atoms. The summed E-state index contributed by atoms with van der Waals surface area (Å²) in [6, 6.07) is 11.1. The Morgan fingerprint density at radius 2 is 2.09 bits per heavy atom. The van der Waals surface area contributed by atoms with E-state index in [0.717, 1.165) is 22.7 Å². The fourth-order valence-electron chi connectivity index (χ4n) is 2.06. The summed E-state index contributed by atoms with van der Waals surface area (Å²) in [5.41, 5.74) is 2.34. The van der Waals surface area contributed by atoms with Crippen molar-refractivity contribution in [1.82, 2.24) is 19.9 Å². The van der Waals surface area contributed by atoms with Gasteiger partial charge < -0.3 is 10.1 Å². The third-order valence-electron chi connectivity index (χ3n) is 3.24. The van der Waals surface area contributed by atoms with E-state index in [1.807, 2.05) is 36.4 Å². The molecular formula is C16H14N4O2S. The molecule has 0 aliphatic rings. The van der Waals surface area contributed by atoms with Crippen LogP contribution in [0.25, 0.3) is 11.3 Å². The molecule has 0 aliphatic heterocycles. The van der Waals surface area contributed by atoms with E-state index in [9.17, 15) is 4.79 Å². The van der Waals surface area contributed by atoms with Crippen molar-refractivity contribution >= 4 is 17.4 Å². The fourth-order valence-corrected chi connectivity index (χ4v) is 2.67. The van der Waals surface area contributed by atoms with Gasteiger partial charge >= 0.3 is 0 Å². The third-order valence-corrected chi connectivity index (χ3v) is 3.96. The predicted octanol–water partition coefficient (Wildman–Crippen LogP) is 2.54. The van der Waals surface area contributed by atoms with Crippen LogP contribution in [0, 0.1) is 0 Å². The number of hydrogen-bond acceptors (Lipinski definition) is 6. The topological polar surface area (TPSA) is 77.0 Å². The summed E-state index contributed by atoms with van der Waals surface area (Å²) in [6.45, 7) is 0.427. The molecule has 0 atom stereocenters. The molecule has 2 aromatic heterocycles. The Hall–Kier alpha value is -2.80. The van der Waals surface area contributed by atoms with Crippen LogP contribution in [-0.2, 0) is 6.54 Å². The summed E-state index contributed by atoms with van der Waals surface area (Å²) in [4.78, 5) is 16.8. The minimum Gasteiger partial charge on any atom is -0.497 e. The standard InChI is InChI=1S/C16H14N4O2S/c1-22-13-4-2-3-12(9-13)14-15(23-20-19-14)16(21)18-10-11-5-7-17-8-6-11/h2-9H,10H2,1H3,(H,18,21). The van der Waals surface area contributed by atoms with Gasteiger partial charge in [0.2, 0.25) is 0 Å². The van der Waals surface area contributed by atoms with Crippen molar-refractivity contribution in [1.29, 1.82) is 0 Å². The Labute approximate surface area is 137 Å². The van der Waals surface area contributed by atoms with Gasteiger partial charge in [-0.15, -0.1) is 5.10 Å². The predicted molar refractivity (Wildman–Crippen MR) is 87.3 cm³/mol. The van der Waals surface area contributed by atoms with Crippen LogP contribution in [-0.4, -0.2) is 27.6 Å². The summed E-state index contributed by atoms with van der Waals surface area (Å²) in [6.07, 6.45) is 3.38. The molecule has 6 nitrogen and oxygen atoms in total. The zero-order valence-electron chi connectivity index (χ0n) is 12.4. The lowest BCUT2D eigenvalue weighted by molar-refractivity contribution is 0.0955. The Morgan fingerprint density at radius 1 is 1.26 bits per heavy atom. The number of methoxy groups -OCH3 is 1. The largest absolute Gasteiger partial charge is 0.497 e. The van der Waals surface area contributed by atoms with Gasteiger partial charge in [-0.25, -0.2) is 0 Å². The van der Waals surface area contributed by atoms with Crippen molar-refractivity contribution in [2.45, 2.75) is 6.54 Å². The molecule has 2 heterocycles. The molecule has 3 aromatic rings. The average molecular weight is 326 g/mol. The van der Waals surface area contributed by atoms with Gasteiger partial charge in [0.15, 0.2) is 0 Å². The van der Waals surface area contributed by atoms with Crippen molar-refractivity contribution in [3.63, 3.8) is 0 Å². The first-order valence-electron chi connectivity index (χ1n) is 6.92. The molecule has 0 radical (unpaired) electrons. The first-order valence-corrected chi connectivity index (χ1v) is 7.69. The highest BCUT2D eigenvalue weighted by Crippen LogP contribution is 2.26. The SMILES string of the molecule is COc1cccc(-c2nnsc2C(=O)NCc2ccncc2)c1. The molecule has 116 valence electrons. The Balaban J connectivity index is 1.78. The van der Waals surface area contributed by atoms with E-state index in [1.54, 1.807) is 19.5 Å². The number of aromatic nitrogens is 3. The van der Waals surface area contributed by atoms with Crippen LogP contribution in [0.5, 0.6) is 5.75 Å². The molecular weight excluding hydrogens is 312 g/mol. The van der Waals surface area contributed by atoms with E-state index in [1.165, 1.54) is 0 Å². The molecule has 0 fully saturated rings. The Kier molecular flexibility index (Phi) is 4.58. The number of nitrogens with zero attached hydrogens (tertiary/aromatic N) is 3. The summed E-state index contributed by atoms with van der Waals surface area (Å²) in [5.74, 6) is 0.508. The molecule has 1 aromatic carbocycles. The van der Waals surface area contributed by atoms with E-state index in [2.05, 4.69) is 19.9 Å². The molecule has 3 rings (SSSR count). The van der Waals surface area contributed by atoms with E-state index in [-0.39, 0.29) is 5.91 Å². The van der Waals surface area contributed by atoms with Crippen molar-refractivity contribution in [2.75, 3.05) is 7.11 Å². The van der Waals surface area contributed by atoms with Crippen LogP contribution in [0.4, 0.5) is 0 Å².